The minimum absolute atomic E-state index is 0.590. The fraction of sp³-hybridized carbons (Fsp3) is 0.111. The molecule has 0 radical (unpaired) electrons. The monoisotopic (exact) mass is 303 g/mol. The predicted octanol–water partition coefficient (Wildman–Crippen LogP) is 3.16. The van der Waals surface area contributed by atoms with Crippen molar-refractivity contribution >= 4 is 16.9 Å². The number of aryl methyl sites for hydroxylation is 1. The molecule has 23 heavy (non-hydrogen) atoms. The fourth-order valence-corrected chi connectivity index (χ4v) is 2.83. The van der Waals surface area contributed by atoms with Crippen LogP contribution in [0.3, 0.4) is 0 Å². The maximum absolute atomic E-state index is 6.10. The van der Waals surface area contributed by atoms with Crippen LogP contribution < -0.4 is 5.73 Å². The summed E-state index contributed by atoms with van der Waals surface area (Å²) in [7, 11) is 0. The zero-order valence-electron chi connectivity index (χ0n) is 12.8. The first-order valence-corrected chi connectivity index (χ1v) is 7.54. The minimum Gasteiger partial charge on any atom is -0.383 e. The van der Waals surface area contributed by atoms with Crippen LogP contribution in [0, 0.1) is 6.92 Å². The summed E-state index contributed by atoms with van der Waals surface area (Å²) in [4.78, 5) is 4.74. The average molecular weight is 303 g/mol. The number of fused-ring (bicyclic) bond motifs is 1. The Morgan fingerprint density at radius 1 is 1.00 bits per heavy atom. The van der Waals surface area contributed by atoms with Crippen molar-refractivity contribution in [2.24, 2.45) is 0 Å². The summed E-state index contributed by atoms with van der Waals surface area (Å²) < 4.78 is 3.85. The molecule has 5 heteroatoms. The van der Waals surface area contributed by atoms with Crippen molar-refractivity contribution in [2.75, 3.05) is 5.73 Å². The molecule has 2 aromatic carbocycles. The Kier molecular flexibility index (Phi) is 3.12. The lowest BCUT2D eigenvalue weighted by molar-refractivity contribution is 0.720. The molecule has 0 saturated carbocycles. The molecule has 0 atom stereocenters. The van der Waals surface area contributed by atoms with Crippen molar-refractivity contribution in [3.8, 4) is 5.95 Å². The number of para-hydroxylation sites is 2. The van der Waals surface area contributed by atoms with Gasteiger partial charge in [0, 0.05) is 6.07 Å². The van der Waals surface area contributed by atoms with E-state index in [4.69, 9.17) is 10.7 Å². The van der Waals surface area contributed by atoms with E-state index in [1.54, 1.807) is 4.68 Å². The lowest BCUT2D eigenvalue weighted by atomic mass is 10.2. The van der Waals surface area contributed by atoms with E-state index in [1.807, 2.05) is 49.4 Å². The van der Waals surface area contributed by atoms with E-state index in [0.29, 0.717) is 5.82 Å². The van der Waals surface area contributed by atoms with E-state index in [2.05, 4.69) is 27.9 Å². The number of nitrogens with two attached hydrogens (primary N) is 1. The summed E-state index contributed by atoms with van der Waals surface area (Å²) >= 11 is 0. The van der Waals surface area contributed by atoms with Crippen LogP contribution in [0.4, 0.5) is 5.82 Å². The molecule has 0 spiro atoms. The first-order valence-electron chi connectivity index (χ1n) is 7.54. The van der Waals surface area contributed by atoms with Gasteiger partial charge >= 0.3 is 0 Å². The van der Waals surface area contributed by atoms with Crippen LogP contribution >= 0.6 is 0 Å². The van der Waals surface area contributed by atoms with Crippen molar-refractivity contribution < 1.29 is 0 Å². The van der Waals surface area contributed by atoms with Gasteiger partial charge in [0.25, 0.3) is 0 Å². The molecule has 4 rings (SSSR count). The summed E-state index contributed by atoms with van der Waals surface area (Å²) in [5.74, 6) is 1.33. The van der Waals surface area contributed by atoms with Gasteiger partial charge in [-0.25, -0.2) is 4.98 Å². The second-order valence-electron chi connectivity index (χ2n) is 5.59. The molecule has 0 saturated heterocycles. The number of nitrogens with zero attached hydrogens (tertiary/aromatic N) is 4. The molecule has 0 aliphatic carbocycles. The van der Waals surface area contributed by atoms with Crippen molar-refractivity contribution in [3.05, 3.63) is 71.9 Å². The largest absolute Gasteiger partial charge is 0.383 e. The smallest absolute Gasteiger partial charge is 0.234 e. The van der Waals surface area contributed by atoms with E-state index < -0.39 is 0 Å². The van der Waals surface area contributed by atoms with E-state index in [9.17, 15) is 0 Å². The second-order valence-corrected chi connectivity index (χ2v) is 5.59. The quantitative estimate of drug-likeness (QED) is 0.632. The highest BCUT2D eigenvalue weighted by atomic mass is 15.4. The first kappa shape index (κ1) is 13.6. The summed E-state index contributed by atoms with van der Waals surface area (Å²) in [5.41, 5.74) is 10.2. The highest BCUT2D eigenvalue weighted by Gasteiger charge is 2.15. The van der Waals surface area contributed by atoms with Gasteiger partial charge in [0.05, 0.1) is 23.3 Å². The molecule has 0 fully saturated rings. The molecular weight excluding hydrogens is 286 g/mol. The molecule has 2 aromatic heterocycles. The van der Waals surface area contributed by atoms with Gasteiger partial charge in [-0.15, -0.1) is 0 Å². The third-order valence-electron chi connectivity index (χ3n) is 3.87. The molecule has 0 unspecified atom stereocenters. The Labute approximate surface area is 134 Å². The van der Waals surface area contributed by atoms with Gasteiger partial charge < -0.3 is 10.3 Å². The standard InChI is InChI=1S/C18H17N5/c1-13-11-17(19)23(21-13)18-20-15-9-5-6-10-16(15)22(18)12-14-7-3-2-4-8-14/h2-11H,12,19H2,1H3. The molecule has 0 aliphatic heterocycles. The molecular formula is C18H17N5. The number of benzene rings is 2. The second kappa shape index (κ2) is 5.28. The van der Waals surface area contributed by atoms with Gasteiger partial charge in [-0.3, -0.25) is 0 Å². The van der Waals surface area contributed by atoms with E-state index >= 15 is 0 Å². The number of rotatable bonds is 3. The van der Waals surface area contributed by atoms with Gasteiger partial charge in [0.1, 0.15) is 5.82 Å². The molecule has 4 aromatic rings. The Morgan fingerprint density at radius 2 is 1.74 bits per heavy atom. The van der Waals surface area contributed by atoms with Gasteiger partial charge in [0.15, 0.2) is 0 Å². The molecule has 0 aliphatic rings. The van der Waals surface area contributed by atoms with Crippen LogP contribution in [0.1, 0.15) is 11.3 Å². The van der Waals surface area contributed by atoms with Crippen LogP contribution in [-0.4, -0.2) is 19.3 Å². The highest BCUT2D eigenvalue weighted by molar-refractivity contribution is 5.77. The summed E-state index contributed by atoms with van der Waals surface area (Å²) in [6.45, 7) is 2.64. The topological polar surface area (TPSA) is 61.7 Å². The van der Waals surface area contributed by atoms with Crippen LogP contribution in [0.25, 0.3) is 17.0 Å². The third-order valence-corrected chi connectivity index (χ3v) is 3.87. The number of imidazole rings is 1. The van der Waals surface area contributed by atoms with E-state index in [1.165, 1.54) is 5.56 Å². The van der Waals surface area contributed by atoms with Crippen molar-refractivity contribution in [1.82, 2.24) is 19.3 Å². The van der Waals surface area contributed by atoms with Gasteiger partial charge in [-0.1, -0.05) is 42.5 Å². The van der Waals surface area contributed by atoms with Crippen LogP contribution in [0.15, 0.2) is 60.7 Å². The van der Waals surface area contributed by atoms with Gasteiger partial charge in [0.2, 0.25) is 5.95 Å². The predicted molar refractivity (Wildman–Crippen MR) is 91.5 cm³/mol. The SMILES string of the molecule is Cc1cc(N)n(-c2nc3ccccc3n2Cc2ccccc2)n1. The average Bonchev–Trinajstić information content (AvgIpc) is 3.08. The number of hydrogen-bond acceptors (Lipinski definition) is 3. The molecule has 0 amide bonds. The molecule has 0 bridgehead atoms. The number of nitrogen functional groups attached to an aromatic ring is 1. The van der Waals surface area contributed by atoms with Crippen LogP contribution in [-0.2, 0) is 6.54 Å². The summed E-state index contributed by atoms with van der Waals surface area (Å²) in [5, 5.41) is 4.49. The fourth-order valence-electron chi connectivity index (χ4n) is 2.83. The Hall–Kier alpha value is -3.08. The lowest BCUT2D eigenvalue weighted by Crippen LogP contribution is -2.11. The van der Waals surface area contributed by atoms with E-state index in [-0.39, 0.29) is 0 Å². The number of hydrogen-bond donors (Lipinski definition) is 1. The van der Waals surface area contributed by atoms with Gasteiger partial charge in [-0.2, -0.15) is 9.78 Å². The Bertz CT molecular complexity index is 966. The Morgan fingerprint density at radius 3 is 2.48 bits per heavy atom. The van der Waals surface area contributed by atoms with Gasteiger partial charge in [-0.05, 0) is 24.6 Å². The van der Waals surface area contributed by atoms with Crippen molar-refractivity contribution in [1.29, 1.82) is 0 Å². The maximum atomic E-state index is 6.10. The molecule has 2 N–H and O–H groups in total. The Balaban J connectivity index is 1.93. The van der Waals surface area contributed by atoms with E-state index in [0.717, 1.165) is 29.2 Å². The maximum Gasteiger partial charge on any atom is 0.234 e. The highest BCUT2D eigenvalue weighted by Crippen LogP contribution is 2.22. The van der Waals surface area contributed by atoms with Crippen molar-refractivity contribution in [3.63, 3.8) is 0 Å². The number of anilines is 1. The molecule has 2 heterocycles. The molecule has 5 nitrogen and oxygen atoms in total. The van der Waals surface area contributed by atoms with Crippen LogP contribution in [0.2, 0.25) is 0 Å². The minimum atomic E-state index is 0.590. The third kappa shape index (κ3) is 2.36. The molecule has 114 valence electrons. The zero-order chi connectivity index (χ0) is 15.8. The first-order chi connectivity index (χ1) is 11.2. The number of aromatic nitrogens is 4. The lowest BCUT2D eigenvalue weighted by Gasteiger charge is -2.10. The normalized spacial score (nSPS) is 11.2. The summed E-state index contributed by atoms with van der Waals surface area (Å²) in [6.07, 6.45) is 0. The van der Waals surface area contributed by atoms with Crippen LogP contribution in [0.5, 0.6) is 0 Å². The zero-order valence-corrected chi connectivity index (χ0v) is 12.8. The van der Waals surface area contributed by atoms with Crippen molar-refractivity contribution in [2.45, 2.75) is 13.5 Å². The summed E-state index contributed by atoms with van der Waals surface area (Å²) in [6, 6.07) is 20.3.